The zero-order chi connectivity index (χ0) is 23.2. The van der Waals surface area contributed by atoms with E-state index in [1.165, 1.54) is 0 Å². The molecule has 1 unspecified atom stereocenters. The zero-order valence-corrected chi connectivity index (χ0v) is 19.6. The number of nitrogens with zero attached hydrogens (tertiary/aromatic N) is 1. The molecule has 0 radical (unpaired) electrons. The number of piperidine rings is 2. The van der Waals surface area contributed by atoms with Gasteiger partial charge in [0.2, 0.25) is 11.8 Å². The monoisotopic (exact) mass is 432 g/mol. The fourth-order valence-electron chi connectivity index (χ4n) is 3.78. The van der Waals surface area contributed by atoms with Crippen LogP contribution in [0.1, 0.15) is 77.3 Å². The maximum absolute atomic E-state index is 12.2. The normalized spacial score (nSPS) is 19.8. The lowest BCUT2D eigenvalue weighted by molar-refractivity contribution is -0.134. The van der Waals surface area contributed by atoms with Crippen LogP contribution in [0.15, 0.2) is 18.2 Å². The summed E-state index contributed by atoms with van der Waals surface area (Å²) in [6, 6.07) is 5.74. The Morgan fingerprint density at radius 2 is 1.74 bits per heavy atom. The molecule has 0 saturated carbocycles. The van der Waals surface area contributed by atoms with Crippen LogP contribution in [0.25, 0.3) is 0 Å². The minimum Gasteiger partial charge on any atom is -0.490 e. The third kappa shape index (κ3) is 6.97. The third-order valence-corrected chi connectivity index (χ3v) is 5.25. The van der Waals surface area contributed by atoms with E-state index in [9.17, 15) is 14.4 Å². The maximum Gasteiger partial charge on any atom is 0.410 e. The number of benzene rings is 1. The lowest BCUT2D eigenvalue weighted by Crippen LogP contribution is -2.44. The smallest absolute Gasteiger partial charge is 0.410 e. The van der Waals surface area contributed by atoms with E-state index < -0.39 is 5.60 Å². The number of rotatable bonds is 3. The molecule has 2 heterocycles. The predicted octanol–water partition coefficient (Wildman–Crippen LogP) is 4.32. The van der Waals surface area contributed by atoms with Crippen LogP contribution in [0.4, 0.5) is 4.79 Å². The van der Waals surface area contributed by atoms with E-state index >= 15 is 0 Å². The van der Waals surface area contributed by atoms with Crippen LogP contribution >= 0.6 is 0 Å². The fraction of sp³-hybridized carbons (Fsp3) is 0.625. The number of amides is 3. The number of ether oxygens (including phenoxy) is 2. The summed E-state index contributed by atoms with van der Waals surface area (Å²) < 4.78 is 11.5. The Kier molecular flexibility index (Phi) is 8.48. The molecule has 3 rings (SSSR count). The van der Waals surface area contributed by atoms with Gasteiger partial charge in [-0.25, -0.2) is 4.79 Å². The van der Waals surface area contributed by atoms with Gasteiger partial charge < -0.3 is 14.4 Å². The molecule has 7 nitrogen and oxygen atoms in total. The van der Waals surface area contributed by atoms with Gasteiger partial charge in [0.25, 0.3) is 0 Å². The summed E-state index contributed by atoms with van der Waals surface area (Å²) in [7, 11) is 0. The summed E-state index contributed by atoms with van der Waals surface area (Å²) >= 11 is 0. The Labute approximate surface area is 185 Å². The van der Waals surface area contributed by atoms with Gasteiger partial charge in [0, 0.05) is 32.4 Å². The average Bonchev–Trinajstić information content (AvgIpc) is 2.70. The number of likely N-dealkylation sites (tertiary alicyclic amines) is 1. The van der Waals surface area contributed by atoms with Crippen molar-refractivity contribution in [2.24, 2.45) is 0 Å². The molecule has 1 aromatic carbocycles. The molecule has 7 heteroatoms. The van der Waals surface area contributed by atoms with Gasteiger partial charge in [-0.1, -0.05) is 19.9 Å². The first-order valence-corrected chi connectivity index (χ1v) is 11.2. The van der Waals surface area contributed by atoms with Gasteiger partial charge >= 0.3 is 6.09 Å². The number of hydrogen-bond acceptors (Lipinski definition) is 5. The molecular weight excluding hydrogens is 396 g/mol. The van der Waals surface area contributed by atoms with E-state index in [4.69, 9.17) is 9.47 Å². The molecule has 1 aromatic rings. The van der Waals surface area contributed by atoms with E-state index in [0.717, 1.165) is 29.7 Å². The van der Waals surface area contributed by atoms with Gasteiger partial charge in [-0.3, -0.25) is 14.9 Å². The van der Waals surface area contributed by atoms with Crippen molar-refractivity contribution >= 4 is 17.9 Å². The van der Waals surface area contributed by atoms with E-state index in [1.54, 1.807) is 4.90 Å². The van der Waals surface area contributed by atoms with Gasteiger partial charge in [0.05, 0.1) is 5.92 Å². The lowest BCUT2D eigenvalue weighted by Gasteiger charge is -2.33. The highest BCUT2D eigenvalue weighted by atomic mass is 16.6. The summed E-state index contributed by atoms with van der Waals surface area (Å²) in [6.45, 7) is 12.8. The van der Waals surface area contributed by atoms with Crippen LogP contribution in [0.2, 0.25) is 0 Å². The summed E-state index contributed by atoms with van der Waals surface area (Å²) in [5.41, 5.74) is 1.41. The van der Waals surface area contributed by atoms with Gasteiger partial charge in [0.15, 0.2) is 0 Å². The van der Waals surface area contributed by atoms with Crippen LogP contribution in [-0.4, -0.2) is 47.6 Å². The minimum atomic E-state index is -0.494. The fourth-order valence-corrected chi connectivity index (χ4v) is 3.78. The summed E-state index contributed by atoms with van der Waals surface area (Å²) in [6.07, 6.45) is 2.15. The van der Waals surface area contributed by atoms with Crippen molar-refractivity contribution in [2.45, 2.75) is 84.8 Å². The molecule has 2 fully saturated rings. The molecule has 1 N–H and O–H groups in total. The zero-order valence-electron chi connectivity index (χ0n) is 19.6. The molecule has 0 aromatic heterocycles. The maximum atomic E-state index is 12.2. The average molecular weight is 433 g/mol. The molecule has 2 aliphatic heterocycles. The first-order valence-electron chi connectivity index (χ1n) is 11.2. The number of carbonyl (C=O) groups excluding carboxylic acids is 3. The molecule has 0 spiro atoms. The van der Waals surface area contributed by atoms with Crippen molar-refractivity contribution in [1.29, 1.82) is 0 Å². The van der Waals surface area contributed by atoms with E-state index in [2.05, 4.69) is 5.32 Å². The van der Waals surface area contributed by atoms with Gasteiger partial charge in [-0.15, -0.1) is 0 Å². The molecule has 0 aliphatic carbocycles. The van der Waals surface area contributed by atoms with Crippen molar-refractivity contribution in [2.75, 3.05) is 13.1 Å². The molecule has 1 atom stereocenters. The Hall–Kier alpha value is -2.57. The standard InChI is InChI=1S/C22H30N2O5.C2H6/c1-14-13-16(5-6-17(14)18-7-8-19(25)23-20(18)26)28-15-9-11-24(12-10-15)21(27)29-22(2,3)4;1-2/h5-6,13,15,18H,7-12H2,1-4H3,(H,23,25,26);1-2H3. The lowest BCUT2D eigenvalue weighted by atomic mass is 9.88. The number of imide groups is 1. The van der Waals surface area contributed by atoms with Crippen molar-refractivity contribution < 1.29 is 23.9 Å². The van der Waals surface area contributed by atoms with Gasteiger partial charge in [-0.05, 0) is 57.4 Å². The van der Waals surface area contributed by atoms with Gasteiger partial charge in [-0.2, -0.15) is 0 Å². The first-order chi connectivity index (χ1) is 14.6. The largest absolute Gasteiger partial charge is 0.490 e. The highest BCUT2D eigenvalue weighted by Crippen LogP contribution is 2.30. The van der Waals surface area contributed by atoms with Crippen LogP contribution in [0.3, 0.4) is 0 Å². The molecule has 2 aliphatic rings. The van der Waals surface area contributed by atoms with Crippen LogP contribution in [0, 0.1) is 6.92 Å². The Morgan fingerprint density at radius 1 is 1.10 bits per heavy atom. The predicted molar refractivity (Wildman–Crippen MR) is 119 cm³/mol. The number of nitrogens with one attached hydrogen (secondary N) is 1. The summed E-state index contributed by atoms with van der Waals surface area (Å²) in [4.78, 5) is 37.4. The third-order valence-electron chi connectivity index (χ3n) is 5.25. The Bertz CT molecular complexity index is 792. The van der Waals surface area contributed by atoms with Crippen molar-refractivity contribution in [3.8, 4) is 5.75 Å². The summed E-state index contributed by atoms with van der Waals surface area (Å²) in [5, 5.41) is 2.41. The highest BCUT2D eigenvalue weighted by Gasteiger charge is 2.30. The number of carbonyl (C=O) groups is 3. The van der Waals surface area contributed by atoms with Crippen molar-refractivity contribution in [3.05, 3.63) is 29.3 Å². The molecule has 2 saturated heterocycles. The van der Waals surface area contributed by atoms with E-state index in [-0.39, 0.29) is 29.9 Å². The molecular formula is C24H36N2O5. The Morgan fingerprint density at radius 3 is 2.29 bits per heavy atom. The topological polar surface area (TPSA) is 84.9 Å². The van der Waals surface area contributed by atoms with E-state index in [1.807, 2.05) is 59.7 Å². The van der Waals surface area contributed by atoms with Crippen LogP contribution < -0.4 is 10.1 Å². The highest BCUT2D eigenvalue weighted by molar-refractivity contribution is 6.01. The van der Waals surface area contributed by atoms with Crippen molar-refractivity contribution in [1.82, 2.24) is 10.2 Å². The SMILES string of the molecule is CC.Cc1cc(OC2CCN(C(=O)OC(C)(C)C)CC2)ccc1C1CCC(=O)NC1=O. The minimum absolute atomic E-state index is 0.0366. The second-order valence-corrected chi connectivity index (χ2v) is 8.81. The second-order valence-electron chi connectivity index (χ2n) is 8.81. The van der Waals surface area contributed by atoms with E-state index in [0.29, 0.717) is 25.9 Å². The Balaban J connectivity index is 0.00000166. The quantitative estimate of drug-likeness (QED) is 0.719. The first kappa shape index (κ1) is 24.7. The molecule has 0 bridgehead atoms. The molecule has 172 valence electrons. The molecule has 3 amide bonds. The number of hydrogen-bond donors (Lipinski definition) is 1. The molecule has 31 heavy (non-hydrogen) atoms. The van der Waals surface area contributed by atoms with Crippen LogP contribution in [-0.2, 0) is 14.3 Å². The second kappa shape index (κ2) is 10.6. The summed E-state index contributed by atoms with van der Waals surface area (Å²) in [5.74, 6) is 0.0298. The number of aryl methyl sites for hydroxylation is 1. The van der Waals surface area contributed by atoms with Gasteiger partial charge in [0.1, 0.15) is 17.5 Å². The van der Waals surface area contributed by atoms with Crippen molar-refractivity contribution in [3.63, 3.8) is 0 Å². The van der Waals surface area contributed by atoms with Crippen LogP contribution in [0.5, 0.6) is 5.75 Å².